The van der Waals surface area contributed by atoms with Crippen LogP contribution in [0.2, 0.25) is 0 Å². The molecule has 5 nitrogen and oxygen atoms in total. The van der Waals surface area contributed by atoms with Crippen molar-refractivity contribution in [3.63, 3.8) is 0 Å². The largest absolute Gasteiger partial charge is 0.494 e. The lowest BCUT2D eigenvalue weighted by Crippen LogP contribution is -2.12. The van der Waals surface area contributed by atoms with Crippen molar-refractivity contribution in [2.75, 3.05) is 13.2 Å². The summed E-state index contributed by atoms with van der Waals surface area (Å²) in [6.07, 6.45) is 11.2. The molecular formula is C29H38O5. The normalized spacial score (nSPS) is 11.5. The summed E-state index contributed by atoms with van der Waals surface area (Å²) in [6.45, 7) is 8.89. The third kappa shape index (κ3) is 10.2. The maximum Gasteiger partial charge on any atom is 0.343 e. The highest BCUT2D eigenvalue weighted by Gasteiger charge is 2.12. The summed E-state index contributed by atoms with van der Waals surface area (Å²) in [5.74, 6) is 0.590. The summed E-state index contributed by atoms with van der Waals surface area (Å²) >= 11 is 0. The number of unbranched alkanes of at least 4 members (excludes halogenated alkanes) is 6. The molecule has 34 heavy (non-hydrogen) atoms. The molecule has 0 N–H and O–H groups in total. The molecule has 0 aliphatic carbocycles. The molecule has 0 saturated carbocycles. The summed E-state index contributed by atoms with van der Waals surface area (Å²) < 4.78 is 16.5. The molecule has 0 amide bonds. The summed E-state index contributed by atoms with van der Waals surface area (Å²) in [6, 6.07) is 13.3. The predicted molar refractivity (Wildman–Crippen MR) is 136 cm³/mol. The Morgan fingerprint density at radius 3 is 2.00 bits per heavy atom. The van der Waals surface area contributed by atoms with Crippen LogP contribution in [-0.2, 0) is 4.74 Å². The van der Waals surface area contributed by atoms with Crippen molar-refractivity contribution in [3.05, 3.63) is 72.3 Å². The average molecular weight is 467 g/mol. The van der Waals surface area contributed by atoms with Gasteiger partial charge in [0.15, 0.2) is 0 Å². The van der Waals surface area contributed by atoms with Gasteiger partial charge in [-0.15, -0.1) is 6.58 Å². The van der Waals surface area contributed by atoms with E-state index in [4.69, 9.17) is 14.2 Å². The molecule has 0 saturated heterocycles. The molecule has 2 rings (SSSR count). The van der Waals surface area contributed by atoms with Gasteiger partial charge in [-0.05, 0) is 73.7 Å². The molecule has 0 heterocycles. The minimum Gasteiger partial charge on any atom is -0.494 e. The molecule has 184 valence electrons. The maximum atomic E-state index is 12.4. The molecule has 0 aromatic heterocycles. The molecule has 0 spiro atoms. The van der Waals surface area contributed by atoms with E-state index in [1.54, 1.807) is 48.5 Å². The van der Waals surface area contributed by atoms with Crippen molar-refractivity contribution in [1.29, 1.82) is 0 Å². The number of esters is 2. The van der Waals surface area contributed by atoms with E-state index in [-0.39, 0.29) is 5.97 Å². The standard InChI is InChI=1S/C29H38O5/c1-4-6-7-8-9-10-11-12-21-32-26-17-13-25(14-18-26)29(31)34-27-19-15-24(16-20-27)28(30)33-22-23(3)5-2/h4,13-20,23H,1,5-12,21-22H2,2-3H3. The van der Waals surface area contributed by atoms with Gasteiger partial charge >= 0.3 is 11.9 Å². The molecule has 0 aliphatic heterocycles. The van der Waals surface area contributed by atoms with Gasteiger partial charge in [0.25, 0.3) is 0 Å². The van der Waals surface area contributed by atoms with Gasteiger partial charge in [-0.1, -0.05) is 52.0 Å². The van der Waals surface area contributed by atoms with Crippen molar-refractivity contribution in [1.82, 2.24) is 0 Å². The van der Waals surface area contributed by atoms with E-state index in [1.807, 2.05) is 13.0 Å². The minimum absolute atomic E-state index is 0.323. The van der Waals surface area contributed by atoms with Gasteiger partial charge < -0.3 is 14.2 Å². The fourth-order valence-electron chi connectivity index (χ4n) is 3.22. The monoisotopic (exact) mass is 466 g/mol. The van der Waals surface area contributed by atoms with Crippen molar-refractivity contribution < 1.29 is 23.8 Å². The van der Waals surface area contributed by atoms with Gasteiger partial charge in [-0.2, -0.15) is 0 Å². The van der Waals surface area contributed by atoms with Crippen molar-refractivity contribution in [2.45, 2.75) is 65.2 Å². The third-order valence-electron chi connectivity index (χ3n) is 5.66. The van der Waals surface area contributed by atoms with Crippen molar-refractivity contribution in [3.8, 4) is 11.5 Å². The topological polar surface area (TPSA) is 61.8 Å². The number of allylic oxidation sites excluding steroid dienone is 1. The summed E-state index contributed by atoms with van der Waals surface area (Å²) in [5.41, 5.74) is 0.862. The first kappa shape index (κ1) is 27.2. The average Bonchev–Trinajstić information content (AvgIpc) is 2.86. The Balaban J connectivity index is 1.71. The number of hydrogen-bond acceptors (Lipinski definition) is 5. The molecule has 1 unspecified atom stereocenters. The number of benzene rings is 2. The van der Waals surface area contributed by atoms with Crippen LogP contribution in [-0.4, -0.2) is 25.2 Å². The van der Waals surface area contributed by atoms with E-state index >= 15 is 0 Å². The van der Waals surface area contributed by atoms with Gasteiger partial charge in [0.1, 0.15) is 11.5 Å². The van der Waals surface area contributed by atoms with Crippen LogP contribution in [0.5, 0.6) is 11.5 Å². The third-order valence-corrected chi connectivity index (χ3v) is 5.66. The Morgan fingerprint density at radius 1 is 0.824 bits per heavy atom. The van der Waals surface area contributed by atoms with Gasteiger partial charge in [-0.25, -0.2) is 9.59 Å². The molecule has 1 atom stereocenters. The summed E-state index contributed by atoms with van der Waals surface area (Å²) in [5, 5.41) is 0. The Bertz CT molecular complexity index is 870. The number of ether oxygens (including phenoxy) is 3. The first-order chi connectivity index (χ1) is 16.5. The zero-order chi connectivity index (χ0) is 24.6. The Morgan fingerprint density at radius 2 is 1.38 bits per heavy atom. The lowest BCUT2D eigenvalue weighted by atomic mass is 10.1. The molecule has 0 radical (unpaired) electrons. The Kier molecular flexibility index (Phi) is 12.5. The first-order valence-electron chi connectivity index (χ1n) is 12.4. The minimum atomic E-state index is -0.463. The van der Waals surface area contributed by atoms with Crippen molar-refractivity contribution in [2.24, 2.45) is 5.92 Å². The Hall–Kier alpha value is -3.08. The van der Waals surface area contributed by atoms with Crippen LogP contribution in [0.15, 0.2) is 61.2 Å². The van der Waals surface area contributed by atoms with Gasteiger partial charge in [0.05, 0.1) is 24.3 Å². The molecular weight excluding hydrogens is 428 g/mol. The van der Waals surface area contributed by atoms with Crippen LogP contribution in [0.25, 0.3) is 0 Å². The second-order valence-electron chi connectivity index (χ2n) is 8.60. The van der Waals surface area contributed by atoms with E-state index in [1.165, 1.54) is 25.7 Å². The van der Waals surface area contributed by atoms with Crippen LogP contribution >= 0.6 is 0 Å². The molecule has 5 heteroatoms. The number of hydrogen-bond donors (Lipinski definition) is 0. The van der Waals surface area contributed by atoms with Crippen LogP contribution in [0, 0.1) is 5.92 Å². The van der Waals surface area contributed by atoms with Crippen LogP contribution < -0.4 is 9.47 Å². The van der Waals surface area contributed by atoms with E-state index in [2.05, 4.69) is 13.5 Å². The fraction of sp³-hybridized carbons (Fsp3) is 0.448. The zero-order valence-electron chi connectivity index (χ0n) is 20.6. The molecule has 0 aliphatic rings. The summed E-state index contributed by atoms with van der Waals surface area (Å²) in [4.78, 5) is 24.5. The van der Waals surface area contributed by atoms with E-state index in [0.29, 0.717) is 36.0 Å². The van der Waals surface area contributed by atoms with Crippen LogP contribution in [0.3, 0.4) is 0 Å². The molecule has 0 bridgehead atoms. The van der Waals surface area contributed by atoms with Gasteiger partial charge in [0.2, 0.25) is 0 Å². The molecule has 2 aromatic carbocycles. The second kappa shape index (κ2) is 15.7. The fourth-order valence-corrected chi connectivity index (χ4v) is 3.22. The highest BCUT2D eigenvalue weighted by Crippen LogP contribution is 2.18. The van der Waals surface area contributed by atoms with Crippen LogP contribution in [0.1, 0.15) is 85.9 Å². The first-order valence-corrected chi connectivity index (χ1v) is 12.4. The van der Waals surface area contributed by atoms with E-state index < -0.39 is 5.97 Å². The van der Waals surface area contributed by atoms with E-state index in [9.17, 15) is 9.59 Å². The molecule has 2 aromatic rings. The SMILES string of the molecule is C=CCCCCCCCCOc1ccc(C(=O)Oc2ccc(C(=O)OCC(C)CC)cc2)cc1. The van der Waals surface area contributed by atoms with Gasteiger partial charge in [-0.3, -0.25) is 0 Å². The second-order valence-corrected chi connectivity index (χ2v) is 8.60. The maximum absolute atomic E-state index is 12.4. The lowest BCUT2D eigenvalue weighted by Gasteiger charge is -2.10. The number of rotatable bonds is 16. The predicted octanol–water partition coefficient (Wildman–Crippen LogP) is 7.40. The smallest absolute Gasteiger partial charge is 0.343 e. The Labute approximate surface area is 204 Å². The van der Waals surface area contributed by atoms with Crippen molar-refractivity contribution >= 4 is 11.9 Å². The highest BCUT2D eigenvalue weighted by atomic mass is 16.5. The summed E-state index contributed by atoms with van der Waals surface area (Å²) in [7, 11) is 0. The van der Waals surface area contributed by atoms with Gasteiger partial charge in [0, 0.05) is 0 Å². The quantitative estimate of drug-likeness (QED) is 0.112. The molecule has 0 fully saturated rings. The van der Waals surface area contributed by atoms with Crippen LogP contribution in [0.4, 0.5) is 0 Å². The zero-order valence-corrected chi connectivity index (χ0v) is 20.6. The number of carbonyl (C=O) groups is 2. The number of carbonyl (C=O) groups excluding carboxylic acids is 2. The highest BCUT2D eigenvalue weighted by molar-refractivity contribution is 5.92. The van der Waals surface area contributed by atoms with E-state index in [0.717, 1.165) is 31.4 Å². The lowest BCUT2D eigenvalue weighted by molar-refractivity contribution is 0.0447.